The Morgan fingerprint density at radius 3 is 2.66 bits per heavy atom. The molecule has 1 N–H and O–H groups in total. The first kappa shape index (κ1) is 21.3. The Morgan fingerprint density at radius 2 is 1.97 bits per heavy atom. The zero-order valence-corrected chi connectivity index (χ0v) is 18.3. The van der Waals surface area contributed by atoms with Crippen molar-refractivity contribution >= 4 is 56.7 Å². The van der Waals surface area contributed by atoms with Gasteiger partial charge in [0.05, 0.1) is 16.6 Å². The number of aryl methyl sites for hydroxylation is 2. The van der Waals surface area contributed by atoms with E-state index in [-0.39, 0.29) is 18.9 Å². The van der Waals surface area contributed by atoms with Crippen LogP contribution in [-0.2, 0) is 19.1 Å². The highest BCUT2D eigenvalue weighted by atomic mass is 79.9. The first-order valence-corrected chi connectivity index (χ1v) is 10.2. The largest absolute Gasteiger partial charge is 0.455 e. The van der Waals surface area contributed by atoms with Crippen molar-refractivity contribution in [1.82, 2.24) is 0 Å². The molecule has 8 heteroatoms. The first-order chi connectivity index (χ1) is 13.7. The van der Waals surface area contributed by atoms with Gasteiger partial charge in [0.1, 0.15) is 0 Å². The van der Waals surface area contributed by atoms with Crippen LogP contribution in [0.4, 0.5) is 11.4 Å². The molecule has 1 heterocycles. The number of carbonyl (C=O) groups is 3. The standard InChI is InChI=1S/C21H20BrClN2O4/c1-12-3-5-16(7-13(12)2)25-10-14(8-20(25)27)21(28)29-11-19(26)24-18-6-4-15(22)9-17(18)23/h3-7,9,14H,8,10-11H2,1-2H3,(H,24,26)/t14-/m1/s1. The molecule has 1 saturated heterocycles. The maximum Gasteiger partial charge on any atom is 0.311 e. The normalized spacial score (nSPS) is 16.1. The minimum atomic E-state index is -0.604. The third kappa shape index (κ3) is 5.16. The quantitative estimate of drug-likeness (QED) is 0.651. The van der Waals surface area contributed by atoms with Gasteiger partial charge in [-0.3, -0.25) is 14.4 Å². The summed E-state index contributed by atoms with van der Waals surface area (Å²) in [5.41, 5.74) is 3.39. The predicted octanol–water partition coefficient (Wildman–Crippen LogP) is 4.25. The Labute approximate surface area is 182 Å². The molecule has 1 atom stereocenters. The summed E-state index contributed by atoms with van der Waals surface area (Å²) in [6.45, 7) is 3.76. The molecule has 6 nitrogen and oxygen atoms in total. The van der Waals surface area contributed by atoms with Gasteiger partial charge < -0.3 is 15.0 Å². The molecule has 0 radical (unpaired) electrons. The average molecular weight is 480 g/mol. The maximum absolute atomic E-state index is 12.4. The summed E-state index contributed by atoms with van der Waals surface area (Å²) < 4.78 is 5.90. The molecule has 29 heavy (non-hydrogen) atoms. The molecular weight excluding hydrogens is 460 g/mol. The minimum absolute atomic E-state index is 0.0614. The van der Waals surface area contributed by atoms with Gasteiger partial charge in [0.15, 0.2) is 6.61 Å². The van der Waals surface area contributed by atoms with Crippen LogP contribution >= 0.6 is 27.5 Å². The average Bonchev–Trinajstić information content (AvgIpc) is 3.06. The lowest BCUT2D eigenvalue weighted by atomic mass is 10.1. The topological polar surface area (TPSA) is 75.7 Å². The first-order valence-electron chi connectivity index (χ1n) is 9.03. The van der Waals surface area contributed by atoms with Crippen molar-refractivity contribution in [2.75, 3.05) is 23.4 Å². The van der Waals surface area contributed by atoms with E-state index in [1.54, 1.807) is 23.1 Å². The van der Waals surface area contributed by atoms with E-state index in [2.05, 4.69) is 21.2 Å². The molecule has 0 saturated carbocycles. The van der Waals surface area contributed by atoms with Gasteiger partial charge in [-0.05, 0) is 55.3 Å². The third-order valence-electron chi connectivity index (χ3n) is 4.81. The van der Waals surface area contributed by atoms with Crippen molar-refractivity contribution in [3.63, 3.8) is 0 Å². The number of halogens is 2. The second kappa shape index (κ2) is 8.97. The van der Waals surface area contributed by atoms with Crippen LogP contribution in [0.1, 0.15) is 17.5 Å². The number of ether oxygens (including phenoxy) is 1. The Morgan fingerprint density at radius 1 is 1.21 bits per heavy atom. The van der Waals surface area contributed by atoms with Crippen LogP contribution in [0.25, 0.3) is 0 Å². The van der Waals surface area contributed by atoms with Gasteiger partial charge in [-0.1, -0.05) is 33.6 Å². The summed E-state index contributed by atoms with van der Waals surface area (Å²) in [7, 11) is 0. The van der Waals surface area contributed by atoms with Crippen LogP contribution in [0, 0.1) is 19.8 Å². The van der Waals surface area contributed by atoms with E-state index in [9.17, 15) is 14.4 Å². The van der Waals surface area contributed by atoms with Crippen molar-refractivity contribution in [2.24, 2.45) is 5.92 Å². The highest BCUT2D eigenvalue weighted by molar-refractivity contribution is 9.10. The van der Waals surface area contributed by atoms with E-state index >= 15 is 0 Å². The van der Waals surface area contributed by atoms with Crippen LogP contribution in [0.15, 0.2) is 40.9 Å². The smallest absolute Gasteiger partial charge is 0.311 e. The molecular formula is C21H20BrClN2O4. The number of hydrogen-bond donors (Lipinski definition) is 1. The number of esters is 1. The van der Waals surface area contributed by atoms with Crippen LogP contribution in [-0.4, -0.2) is 30.9 Å². The van der Waals surface area contributed by atoms with E-state index in [4.69, 9.17) is 16.3 Å². The summed E-state index contributed by atoms with van der Waals surface area (Å²) in [6.07, 6.45) is 0.0614. The van der Waals surface area contributed by atoms with Gasteiger partial charge in [0.25, 0.3) is 5.91 Å². The van der Waals surface area contributed by atoms with Gasteiger partial charge in [-0.2, -0.15) is 0 Å². The van der Waals surface area contributed by atoms with Gasteiger partial charge in [-0.15, -0.1) is 0 Å². The number of nitrogens with one attached hydrogen (secondary N) is 1. The molecule has 0 unspecified atom stereocenters. The van der Waals surface area contributed by atoms with Crippen molar-refractivity contribution in [3.05, 3.63) is 57.0 Å². The molecule has 2 aromatic carbocycles. The van der Waals surface area contributed by atoms with Gasteiger partial charge in [-0.25, -0.2) is 0 Å². The number of anilines is 2. The SMILES string of the molecule is Cc1ccc(N2C[C@H](C(=O)OCC(=O)Nc3ccc(Br)cc3Cl)CC2=O)cc1C. The Kier molecular flexibility index (Phi) is 6.59. The van der Waals surface area contributed by atoms with Crippen LogP contribution in [0.5, 0.6) is 0 Å². The lowest BCUT2D eigenvalue weighted by molar-refractivity contribution is -0.151. The summed E-state index contributed by atoms with van der Waals surface area (Å²) in [4.78, 5) is 38.3. The van der Waals surface area contributed by atoms with E-state index < -0.39 is 24.4 Å². The maximum atomic E-state index is 12.4. The summed E-state index contributed by atoms with van der Waals surface area (Å²) in [5, 5.41) is 2.96. The lowest BCUT2D eigenvalue weighted by Crippen LogP contribution is -2.28. The fourth-order valence-corrected chi connectivity index (χ4v) is 3.76. The predicted molar refractivity (Wildman–Crippen MR) is 115 cm³/mol. The zero-order chi connectivity index (χ0) is 21.1. The van der Waals surface area contributed by atoms with Crippen molar-refractivity contribution in [2.45, 2.75) is 20.3 Å². The van der Waals surface area contributed by atoms with E-state index in [0.29, 0.717) is 10.7 Å². The molecule has 0 bridgehead atoms. The minimum Gasteiger partial charge on any atom is -0.455 e. The summed E-state index contributed by atoms with van der Waals surface area (Å²) in [5.74, 6) is -1.81. The van der Waals surface area contributed by atoms with Crippen molar-refractivity contribution in [3.8, 4) is 0 Å². The molecule has 2 amide bonds. The second-order valence-electron chi connectivity index (χ2n) is 6.95. The fourth-order valence-electron chi connectivity index (χ4n) is 3.04. The van der Waals surface area contributed by atoms with E-state index in [0.717, 1.165) is 21.3 Å². The summed E-state index contributed by atoms with van der Waals surface area (Å²) >= 11 is 9.34. The Balaban J connectivity index is 1.55. The lowest BCUT2D eigenvalue weighted by Gasteiger charge is -2.17. The number of hydrogen-bond acceptors (Lipinski definition) is 4. The van der Waals surface area contributed by atoms with Crippen LogP contribution in [0.2, 0.25) is 5.02 Å². The second-order valence-corrected chi connectivity index (χ2v) is 8.28. The molecule has 1 aliphatic heterocycles. The highest BCUT2D eigenvalue weighted by Crippen LogP contribution is 2.28. The number of amides is 2. The number of carbonyl (C=O) groups excluding carboxylic acids is 3. The van der Waals surface area contributed by atoms with Crippen molar-refractivity contribution < 1.29 is 19.1 Å². The molecule has 3 rings (SSSR count). The van der Waals surface area contributed by atoms with Crippen LogP contribution < -0.4 is 10.2 Å². The van der Waals surface area contributed by atoms with E-state index in [1.165, 1.54) is 0 Å². The monoisotopic (exact) mass is 478 g/mol. The Hall–Kier alpha value is -2.38. The summed E-state index contributed by atoms with van der Waals surface area (Å²) in [6, 6.07) is 10.8. The van der Waals surface area contributed by atoms with Crippen LogP contribution in [0.3, 0.4) is 0 Å². The molecule has 0 aromatic heterocycles. The Bertz CT molecular complexity index is 979. The third-order valence-corrected chi connectivity index (χ3v) is 5.62. The molecule has 2 aromatic rings. The number of rotatable bonds is 5. The fraction of sp³-hybridized carbons (Fsp3) is 0.286. The molecule has 1 fully saturated rings. The molecule has 0 aliphatic carbocycles. The number of nitrogens with zero attached hydrogens (tertiary/aromatic N) is 1. The zero-order valence-electron chi connectivity index (χ0n) is 16.0. The van der Waals surface area contributed by atoms with Gasteiger partial charge in [0, 0.05) is 23.1 Å². The van der Waals surface area contributed by atoms with Gasteiger partial charge in [0.2, 0.25) is 5.91 Å². The molecule has 152 valence electrons. The van der Waals surface area contributed by atoms with E-state index in [1.807, 2.05) is 32.0 Å². The molecule has 0 spiro atoms. The van der Waals surface area contributed by atoms with Crippen molar-refractivity contribution in [1.29, 1.82) is 0 Å². The number of benzene rings is 2. The molecule has 1 aliphatic rings. The van der Waals surface area contributed by atoms with Gasteiger partial charge >= 0.3 is 5.97 Å². The highest BCUT2D eigenvalue weighted by Gasteiger charge is 2.36.